The van der Waals surface area contributed by atoms with Gasteiger partial charge in [0, 0.05) is 18.5 Å². The van der Waals surface area contributed by atoms with E-state index < -0.39 is 24.0 Å². The van der Waals surface area contributed by atoms with Gasteiger partial charge in [0.15, 0.2) is 0 Å². The van der Waals surface area contributed by atoms with E-state index in [1.165, 1.54) is 16.0 Å². The molecule has 0 spiro atoms. The Bertz CT molecular complexity index is 1070. The third-order valence-electron chi connectivity index (χ3n) is 7.80. The van der Waals surface area contributed by atoms with E-state index in [9.17, 15) is 19.5 Å². The van der Waals surface area contributed by atoms with E-state index in [1.807, 2.05) is 24.3 Å². The molecule has 1 saturated heterocycles. The average molecular weight is 477 g/mol. The molecule has 2 aromatic carbocycles. The van der Waals surface area contributed by atoms with Crippen molar-refractivity contribution in [3.05, 3.63) is 59.7 Å². The number of carbonyl (C=O) groups is 3. The molecular formula is C28H32N2O5. The summed E-state index contributed by atoms with van der Waals surface area (Å²) < 4.78 is 5.73. The molecule has 1 saturated carbocycles. The summed E-state index contributed by atoms with van der Waals surface area (Å²) in [7, 11) is 0. The summed E-state index contributed by atoms with van der Waals surface area (Å²) in [6, 6.07) is 15.3. The lowest BCUT2D eigenvalue weighted by molar-refractivity contribution is -0.150. The molecule has 7 nitrogen and oxygen atoms in total. The minimum atomic E-state index is -0.953. The van der Waals surface area contributed by atoms with E-state index >= 15 is 0 Å². The van der Waals surface area contributed by atoms with Crippen LogP contribution in [-0.4, -0.2) is 53.2 Å². The number of nitrogens with one attached hydrogen (secondary N) is 1. The van der Waals surface area contributed by atoms with Crippen molar-refractivity contribution < 1.29 is 24.2 Å². The lowest BCUT2D eigenvalue weighted by Crippen LogP contribution is -2.50. The van der Waals surface area contributed by atoms with E-state index in [0.29, 0.717) is 32.2 Å². The molecule has 2 unspecified atom stereocenters. The minimum absolute atomic E-state index is 0.0272. The standard InChI is InChI=1S/C28H32N2O5/c31-26(30-16-8-15-25(30)27(32)33)22-13-2-1-3-14-24(22)29-28(34)35-17-23-20-11-6-4-9-18(20)19-10-5-7-12-21(19)23/h4-7,9-12,22-25H,1-3,8,13-17H2,(H,29,34)(H,32,33)/t22?,24?,25-/m1/s1. The molecule has 1 aliphatic heterocycles. The van der Waals surface area contributed by atoms with Crippen molar-refractivity contribution in [2.45, 2.75) is 62.9 Å². The molecular weight excluding hydrogens is 444 g/mol. The van der Waals surface area contributed by atoms with Crippen LogP contribution in [-0.2, 0) is 14.3 Å². The fraction of sp³-hybridized carbons (Fsp3) is 0.464. The summed E-state index contributed by atoms with van der Waals surface area (Å²) in [5.41, 5.74) is 4.64. The van der Waals surface area contributed by atoms with Crippen LogP contribution in [0.2, 0.25) is 0 Å². The number of carboxylic acids is 1. The van der Waals surface area contributed by atoms with Gasteiger partial charge in [0.05, 0.1) is 5.92 Å². The maximum absolute atomic E-state index is 13.4. The van der Waals surface area contributed by atoms with Gasteiger partial charge in [0.1, 0.15) is 12.6 Å². The Morgan fingerprint density at radius 3 is 2.23 bits per heavy atom. The van der Waals surface area contributed by atoms with Gasteiger partial charge in [0.25, 0.3) is 0 Å². The first-order valence-corrected chi connectivity index (χ1v) is 12.7. The van der Waals surface area contributed by atoms with E-state index in [2.05, 4.69) is 29.6 Å². The molecule has 2 N–H and O–H groups in total. The number of aliphatic carboxylic acids is 1. The highest BCUT2D eigenvalue weighted by Gasteiger charge is 2.40. The van der Waals surface area contributed by atoms with E-state index in [0.717, 1.165) is 30.4 Å². The third-order valence-corrected chi connectivity index (χ3v) is 7.80. The lowest BCUT2D eigenvalue weighted by Gasteiger charge is -2.31. The van der Waals surface area contributed by atoms with Gasteiger partial charge >= 0.3 is 12.1 Å². The summed E-state index contributed by atoms with van der Waals surface area (Å²) in [5.74, 6) is -1.55. The molecule has 2 aromatic rings. The Balaban J connectivity index is 1.26. The Morgan fingerprint density at radius 2 is 1.54 bits per heavy atom. The number of nitrogens with zero attached hydrogens (tertiary/aromatic N) is 1. The van der Waals surface area contributed by atoms with E-state index in [-0.39, 0.29) is 24.5 Å². The molecule has 3 atom stereocenters. The van der Waals surface area contributed by atoms with Crippen LogP contribution in [0.5, 0.6) is 0 Å². The lowest BCUT2D eigenvalue weighted by atomic mass is 9.93. The number of alkyl carbamates (subject to hydrolysis) is 1. The van der Waals surface area contributed by atoms with Gasteiger partial charge < -0.3 is 20.1 Å². The maximum atomic E-state index is 13.4. The van der Waals surface area contributed by atoms with Crippen LogP contribution in [0.25, 0.3) is 11.1 Å². The number of rotatable bonds is 5. The summed E-state index contributed by atoms with van der Waals surface area (Å²) in [5, 5.41) is 12.5. The van der Waals surface area contributed by atoms with Gasteiger partial charge in [-0.15, -0.1) is 0 Å². The molecule has 0 bridgehead atoms. The van der Waals surface area contributed by atoms with E-state index in [4.69, 9.17) is 4.74 Å². The smallest absolute Gasteiger partial charge is 0.407 e. The molecule has 0 radical (unpaired) electrons. The number of fused-ring (bicyclic) bond motifs is 3. The second-order valence-electron chi connectivity index (χ2n) is 9.85. The predicted octanol–water partition coefficient (Wildman–Crippen LogP) is 4.55. The molecule has 5 rings (SSSR count). The van der Waals surface area contributed by atoms with Crippen molar-refractivity contribution in [3.8, 4) is 11.1 Å². The fourth-order valence-electron chi connectivity index (χ4n) is 6.07. The number of benzene rings is 2. The monoisotopic (exact) mass is 476 g/mol. The number of hydrogen-bond donors (Lipinski definition) is 2. The highest BCUT2D eigenvalue weighted by Crippen LogP contribution is 2.44. The largest absolute Gasteiger partial charge is 0.480 e. The Kier molecular flexibility index (Phi) is 6.75. The molecule has 2 aliphatic carbocycles. The number of carbonyl (C=O) groups excluding carboxylic acids is 2. The maximum Gasteiger partial charge on any atom is 0.407 e. The molecule has 2 amide bonds. The zero-order chi connectivity index (χ0) is 24.4. The highest BCUT2D eigenvalue weighted by atomic mass is 16.5. The number of carboxylic acid groups (broad SMARTS) is 1. The van der Waals surface area contributed by atoms with Crippen LogP contribution in [0.3, 0.4) is 0 Å². The Labute approximate surface area is 205 Å². The highest BCUT2D eigenvalue weighted by molar-refractivity contribution is 5.86. The Hall–Kier alpha value is -3.35. The number of ether oxygens (including phenoxy) is 1. The SMILES string of the molecule is O=C(NC1CCCCCC1C(=O)N1CCC[C@@H]1C(=O)O)OCC1c2ccccc2-c2ccccc21. The van der Waals surface area contributed by atoms with Crippen LogP contribution < -0.4 is 5.32 Å². The van der Waals surface area contributed by atoms with Crippen molar-refractivity contribution in [1.82, 2.24) is 10.2 Å². The first kappa shape index (κ1) is 23.4. The van der Waals surface area contributed by atoms with Gasteiger partial charge in [-0.3, -0.25) is 4.79 Å². The number of hydrogen-bond acceptors (Lipinski definition) is 4. The second kappa shape index (κ2) is 10.1. The number of amides is 2. The third kappa shape index (κ3) is 4.64. The van der Waals surface area contributed by atoms with Gasteiger partial charge in [0.2, 0.25) is 5.91 Å². The molecule has 35 heavy (non-hydrogen) atoms. The van der Waals surface area contributed by atoms with Crippen molar-refractivity contribution >= 4 is 18.0 Å². The minimum Gasteiger partial charge on any atom is -0.480 e. The quantitative estimate of drug-likeness (QED) is 0.618. The van der Waals surface area contributed by atoms with Crippen molar-refractivity contribution in [2.75, 3.05) is 13.2 Å². The van der Waals surface area contributed by atoms with Crippen LogP contribution in [0, 0.1) is 5.92 Å². The van der Waals surface area contributed by atoms with Gasteiger partial charge in [-0.05, 0) is 47.9 Å². The fourth-order valence-corrected chi connectivity index (χ4v) is 6.07. The average Bonchev–Trinajstić information content (AvgIpc) is 3.40. The summed E-state index contributed by atoms with van der Waals surface area (Å²) >= 11 is 0. The molecule has 0 aromatic heterocycles. The van der Waals surface area contributed by atoms with E-state index in [1.54, 1.807) is 0 Å². The summed E-state index contributed by atoms with van der Waals surface area (Å²) in [4.78, 5) is 39.4. The molecule has 2 fully saturated rings. The van der Waals surface area contributed by atoms with Crippen LogP contribution in [0.1, 0.15) is 62.0 Å². The molecule has 7 heteroatoms. The number of likely N-dealkylation sites (tertiary alicyclic amines) is 1. The van der Waals surface area contributed by atoms with Crippen LogP contribution in [0.4, 0.5) is 4.79 Å². The first-order chi connectivity index (χ1) is 17.0. The zero-order valence-corrected chi connectivity index (χ0v) is 19.8. The van der Waals surface area contributed by atoms with Gasteiger partial charge in [-0.25, -0.2) is 9.59 Å². The first-order valence-electron chi connectivity index (χ1n) is 12.7. The summed E-state index contributed by atoms with van der Waals surface area (Å²) in [6.45, 7) is 0.683. The Morgan fingerprint density at radius 1 is 0.886 bits per heavy atom. The van der Waals surface area contributed by atoms with Gasteiger partial charge in [-0.2, -0.15) is 0 Å². The van der Waals surface area contributed by atoms with Crippen LogP contribution in [0.15, 0.2) is 48.5 Å². The van der Waals surface area contributed by atoms with Crippen LogP contribution >= 0.6 is 0 Å². The summed E-state index contributed by atoms with van der Waals surface area (Å²) in [6.07, 6.45) is 4.80. The molecule has 1 heterocycles. The van der Waals surface area contributed by atoms with Crippen molar-refractivity contribution in [1.29, 1.82) is 0 Å². The van der Waals surface area contributed by atoms with Crippen molar-refractivity contribution in [2.24, 2.45) is 5.92 Å². The zero-order valence-electron chi connectivity index (χ0n) is 19.8. The van der Waals surface area contributed by atoms with Gasteiger partial charge in [-0.1, -0.05) is 67.8 Å². The topological polar surface area (TPSA) is 95.9 Å². The predicted molar refractivity (Wildman–Crippen MR) is 131 cm³/mol. The molecule has 184 valence electrons. The molecule has 3 aliphatic rings. The second-order valence-corrected chi connectivity index (χ2v) is 9.85. The van der Waals surface area contributed by atoms with Crippen molar-refractivity contribution in [3.63, 3.8) is 0 Å². The normalized spacial score (nSPS) is 23.8.